The summed E-state index contributed by atoms with van der Waals surface area (Å²) in [6.45, 7) is 5.78. The Bertz CT molecular complexity index is 411. The quantitative estimate of drug-likeness (QED) is 0.778. The average Bonchev–Trinajstić information content (AvgIpc) is 2.35. The number of nitrogens with zero attached hydrogens (tertiary/aromatic N) is 1. The molecule has 0 aliphatic rings. The lowest BCUT2D eigenvalue weighted by Crippen LogP contribution is -2.43. The Labute approximate surface area is 108 Å². The summed E-state index contributed by atoms with van der Waals surface area (Å²) >= 11 is 0. The van der Waals surface area contributed by atoms with E-state index in [1.807, 2.05) is 19.9 Å². The molecule has 1 amide bonds. The molecule has 0 saturated carbocycles. The van der Waals surface area contributed by atoms with Crippen molar-refractivity contribution in [3.05, 3.63) is 36.2 Å². The number of rotatable bonds is 5. The predicted molar refractivity (Wildman–Crippen MR) is 71.7 cm³/mol. The molecule has 0 saturated heterocycles. The third kappa shape index (κ3) is 4.67. The fraction of sp³-hybridized carbons (Fsp3) is 0.429. The second-order valence-electron chi connectivity index (χ2n) is 4.85. The zero-order chi connectivity index (χ0) is 13.6. The normalized spacial score (nSPS) is 14.7. The van der Waals surface area contributed by atoms with Gasteiger partial charge in [-0.05, 0) is 30.5 Å². The Morgan fingerprint density at radius 2 is 2.33 bits per heavy atom. The summed E-state index contributed by atoms with van der Waals surface area (Å²) in [4.78, 5) is 15.5. The number of aliphatic hydroxyl groups is 1. The van der Waals surface area contributed by atoms with Crippen LogP contribution < -0.4 is 5.32 Å². The van der Waals surface area contributed by atoms with Crippen LogP contribution in [0.25, 0.3) is 6.08 Å². The van der Waals surface area contributed by atoms with Crippen molar-refractivity contribution >= 4 is 12.0 Å². The minimum Gasteiger partial charge on any atom is -0.388 e. The van der Waals surface area contributed by atoms with Crippen LogP contribution in [0.5, 0.6) is 0 Å². The second kappa shape index (κ2) is 6.31. The smallest absolute Gasteiger partial charge is 0.244 e. The summed E-state index contributed by atoms with van der Waals surface area (Å²) in [5, 5.41) is 12.7. The Kier molecular flexibility index (Phi) is 5.04. The molecule has 0 aliphatic carbocycles. The third-order valence-electron chi connectivity index (χ3n) is 2.98. The largest absolute Gasteiger partial charge is 0.388 e. The molecule has 0 radical (unpaired) electrons. The third-order valence-corrected chi connectivity index (χ3v) is 2.98. The first-order valence-electron chi connectivity index (χ1n) is 6.00. The van der Waals surface area contributed by atoms with Crippen molar-refractivity contribution < 1.29 is 9.90 Å². The van der Waals surface area contributed by atoms with Crippen LogP contribution in [0.15, 0.2) is 30.6 Å². The molecule has 0 aliphatic heterocycles. The molecule has 4 nitrogen and oxygen atoms in total. The van der Waals surface area contributed by atoms with Gasteiger partial charge in [0.1, 0.15) is 0 Å². The predicted octanol–water partition coefficient (Wildman–Crippen LogP) is 1.62. The van der Waals surface area contributed by atoms with E-state index in [2.05, 4.69) is 10.3 Å². The van der Waals surface area contributed by atoms with Crippen LogP contribution >= 0.6 is 0 Å². The highest BCUT2D eigenvalue weighted by Crippen LogP contribution is 2.14. The number of hydrogen-bond donors (Lipinski definition) is 2. The first kappa shape index (κ1) is 14.4. The molecule has 18 heavy (non-hydrogen) atoms. The van der Waals surface area contributed by atoms with Crippen molar-refractivity contribution in [3.8, 4) is 0 Å². The standard InChI is InChI=1S/C14H20N2O2/c1-11(2)14(3,18)10-16-13(17)7-6-12-5-4-8-15-9-12/h4-9,11,18H,10H2,1-3H3,(H,16,17)/b7-6+/t14-/m0/s1. The molecular weight excluding hydrogens is 228 g/mol. The van der Waals surface area contributed by atoms with Gasteiger partial charge in [0.05, 0.1) is 5.60 Å². The number of aromatic nitrogens is 1. The van der Waals surface area contributed by atoms with Gasteiger partial charge in [-0.15, -0.1) is 0 Å². The summed E-state index contributed by atoms with van der Waals surface area (Å²) in [5.41, 5.74) is -0.0269. The number of nitrogens with one attached hydrogen (secondary N) is 1. The zero-order valence-electron chi connectivity index (χ0n) is 11.1. The monoisotopic (exact) mass is 248 g/mol. The molecule has 1 aromatic rings. The minimum atomic E-state index is -0.891. The van der Waals surface area contributed by atoms with Gasteiger partial charge in [-0.1, -0.05) is 19.9 Å². The first-order chi connectivity index (χ1) is 8.42. The van der Waals surface area contributed by atoms with E-state index in [-0.39, 0.29) is 18.4 Å². The van der Waals surface area contributed by atoms with Crippen LogP contribution in [0.3, 0.4) is 0 Å². The first-order valence-corrected chi connectivity index (χ1v) is 6.00. The van der Waals surface area contributed by atoms with Gasteiger partial charge >= 0.3 is 0 Å². The molecule has 0 bridgehead atoms. The maximum atomic E-state index is 11.6. The van der Waals surface area contributed by atoms with Crippen molar-refractivity contribution in [3.63, 3.8) is 0 Å². The number of carbonyl (C=O) groups excluding carboxylic acids is 1. The molecule has 4 heteroatoms. The minimum absolute atomic E-state index is 0.0834. The Morgan fingerprint density at radius 3 is 2.89 bits per heavy atom. The molecule has 0 spiro atoms. The van der Waals surface area contributed by atoms with Crippen LogP contribution in [0.2, 0.25) is 0 Å². The van der Waals surface area contributed by atoms with Gasteiger partial charge in [0.25, 0.3) is 0 Å². The molecule has 0 aromatic carbocycles. The van der Waals surface area contributed by atoms with E-state index in [0.29, 0.717) is 0 Å². The van der Waals surface area contributed by atoms with Crippen molar-refractivity contribution in [1.82, 2.24) is 10.3 Å². The molecule has 98 valence electrons. The summed E-state index contributed by atoms with van der Waals surface area (Å²) < 4.78 is 0. The van der Waals surface area contributed by atoms with Crippen LogP contribution in [-0.2, 0) is 4.79 Å². The second-order valence-corrected chi connectivity index (χ2v) is 4.85. The zero-order valence-corrected chi connectivity index (χ0v) is 11.1. The van der Waals surface area contributed by atoms with Gasteiger partial charge in [-0.25, -0.2) is 0 Å². The highest BCUT2D eigenvalue weighted by molar-refractivity contribution is 5.91. The lowest BCUT2D eigenvalue weighted by Gasteiger charge is -2.27. The molecule has 1 aromatic heterocycles. The Morgan fingerprint density at radius 1 is 1.61 bits per heavy atom. The van der Waals surface area contributed by atoms with Crippen molar-refractivity contribution in [2.45, 2.75) is 26.4 Å². The highest BCUT2D eigenvalue weighted by atomic mass is 16.3. The summed E-state index contributed by atoms with van der Waals surface area (Å²) in [7, 11) is 0. The molecule has 1 heterocycles. The molecule has 0 unspecified atom stereocenters. The fourth-order valence-electron chi connectivity index (χ4n) is 1.18. The van der Waals surface area contributed by atoms with E-state index >= 15 is 0 Å². The van der Waals surface area contributed by atoms with E-state index in [0.717, 1.165) is 5.56 Å². The fourth-order valence-corrected chi connectivity index (χ4v) is 1.18. The number of hydrogen-bond acceptors (Lipinski definition) is 3. The van der Waals surface area contributed by atoms with Gasteiger partial charge in [0.15, 0.2) is 0 Å². The average molecular weight is 248 g/mol. The van der Waals surface area contributed by atoms with E-state index in [1.165, 1.54) is 6.08 Å². The van der Waals surface area contributed by atoms with Crippen LogP contribution in [-0.4, -0.2) is 28.1 Å². The van der Waals surface area contributed by atoms with Crippen LogP contribution in [0.1, 0.15) is 26.3 Å². The summed E-state index contributed by atoms with van der Waals surface area (Å²) in [6.07, 6.45) is 6.48. The van der Waals surface area contributed by atoms with Crippen molar-refractivity contribution in [2.24, 2.45) is 5.92 Å². The van der Waals surface area contributed by atoms with E-state index in [9.17, 15) is 9.90 Å². The lowest BCUT2D eigenvalue weighted by molar-refractivity contribution is -0.118. The maximum Gasteiger partial charge on any atom is 0.244 e. The molecule has 1 atom stereocenters. The SMILES string of the molecule is CC(C)[C@@](C)(O)CNC(=O)/C=C/c1cccnc1. The van der Waals surface area contributed by atoms with Crippen molar-refractivity contribution in [1.29, 1.82) is 0 Å². The van der Waals surface area contributed by atoms with Gasteiger partial charge in [-0.2, -0.15) is 0 Å². The Balaban J connectivity index is 2.46. The van der Waals surface area contributed by atoms with Gasteiger partial charge < -0.3 is 10.4 Å². The molecule has 1 rings (SSSR count). The van der Waals surface area contributed by atoms with Crippen LogP contribution in [0, 0.1) is 5.92 Å². The van der Waals surface area contributed by atoms with E-state index < -0.39 is 5.60 Å². The van der Waals surface area contributed by atoms with Gasteiger partial charge in [0, 0.05) is 25.0 Å². The Hall–Kier alpha value is -1.68. The summed E-state index contributed by atoms with van der Waals surface area (Å²) in [6, 6.07) is 3.67. The lowest BCUT2D eigenvalue weighted by atomic mass is 9.92. The highest BCUT2D eigenvalue weighted by Gasteiger charge is 2.24. The van der Waals surface area contributed by atoms with Gasteiger partial charge in [-0.3, -0.25) is 9.78 Å². The number of amides is 1. The topological polar surface area (TPSA) is 62.2 Å². The maximum absolute atomic E-state index is 11.6. The number of carbonyl (C=O) groups is 1. The van der Waals surface area contributed by atoms with Crippen molar-refractivity contribution in [2.75, 3.05) is 6.54 Å². The van der Waals surface area contributed by atoms with E-state index in [4.69, 9.17) is 0 Å². The molecule has 0 fully saturated rings. The number of pyridine rings is 1. The summed E-state index contributed by atoms with van der Waals surface area (Å²) in [5.74, 6) is -0.139. The van der Waals surface area contributed by atoms with Crippen LogP contribution in [0.4, 0.5) is 0 Å². The van der Waals surface area contributed by atoms with E-state index in [1.54, 1.807) is 31.5 Å². The molecular formula is C14H20N2O2. The van der Waals surface area contributed by atoms with Gasteiger partial charge in [0.2, 0.25) is 5.91 Å². The molecule has 2 N–H and O–H groups in total.